The number of hydrogen-bond donors (Lipinski definition) is 2. The Labute approximate surface area is 235 Å². The minimum absolute atomic E-state index is 0.00739. The molecule has 0 spiro atoms. The van der Waals surface area contributed by atoms with Gasteiger partial charge in [-0.3, -0.25) is 4.79 Å². The van der Waals surface area contributed by atoms with Crippen LogP contribution in [0.1, 0.15) is 141 Å². The number of benzene rings is 1. The van der Waals surface area contributed by atoms with Gasteiger partial charge in [-0.2, -0.15) is 0 Å². The third-order valence-electron chi connectivity index (χ3n) is 7.44. The summed E-state index contributed by atoms with van der Waals surface area (Å²) in [5, 5.41) is 13.2. The van der Waals surface area contributed by atoms with Crippen LogP contribution in [-0.2, 0) is 16.1 Å². The largest absolute Gasteiger partial charge is 0.394 e. The maximum atomic E-state index is 12.6. The van der Waals surface area contributed by atoms with Crippen molar-refractivity contribution in [3.05, 3.63) is 48.0 Å². The quantitative estimate of drug-likeness (QED) is 0.0929. The molecule has 0 aliphatic rings. The predicted molar refractivity (Wildman–Crippen MR) is 162 cm³/mol. The highest BCUT2D eigenvalue weighted by molar-refractivity contribution is 5.76. The molecule has 38 heavy (non-hydrogen) atoms. The molecule has 0 unspecified atom stereocenters. The van der Waals surface area contributed by atoms with E-state index in [9.17, 15) is 9.90 Å². The first-order chi connectivity index (χ1) is 18.6. The Kier molecular flexibility index (Phi) is 22.1. The van der Waals surface area contributed by atoms with Gasteiger partial charge in [-0.25, -0.2) is 0 Å². The molecule has 1 aromatic carbocycles. The lowest BCUT2D eigenvalue weighted by Gasteiger charge is -2.29. The van der Waals surface area contributed by atoms with E-state index in [1.54, 1.807) is 0 Å². The third-order valence-corrected chi connectivity index (χ3v) is 7.44. The van der Waals surface area contributed by atoms with Gasteiger partial charge in [0.15, 0.2) is 0 Å². The van der Waals surface area contributed by atoms with Crippen molar-refractivity contribution in [3.63, 3.8) is 0 Å². The first-order valence-corrected chi connectivity index (χ1v) is 15.9. The molecule has 4 nitrogen and oxygen atoms in total. The Hall–Kier alpha value is -1.65. The molecule has 2 atom stereocenters. The van der Waals surface area contributed by atoms with Crippen LogP contribution >= 0.6 is 0 Å². The Bertz CT molecular complexity index is 690. The predicted octanol–water partition coefficient (Wildman–Crippen LogP) is 9.06. The van der Waals surface area contributed by atoms with Crippen molar-refractivity contribution in [1.29, 1.82) is 0 Å². The molecule has 0 aliphatic heterocycles. The van der Waals surface area contributed by atoms with Crippen LogP contribution in [0.5, 0.6) is 0 Å². The molecular formula is C34H59NO3. The van der Waals surface area contributed by atoms with Crippen molar-refractivity contribution in [2.75, 3.05) is 6.61 Å². The molecule has 0 saturated heterocycles. The Morgan fingerprint density at radius 2 is 1.24 bits per heavy atom. The van der Waals surface area contributed by atoms with Gasteiger partial charge in [-0.1, -0.05) is 147 Å². The molecule has 0 aliphatic carbocycles. The van der Waals surface area contributed by atoms with E-state index in [1.165, 1.54) is 89.9 Å². The molecule has 0 heterocycles. The van der Waals surface area contributed by atoms with Crippen molar-refractivity contribution in [2.45, 2.75) is 155 Å². The number of hydrogen-bond acceptors (Lipinski definition) is 3. The second-order valence-electron chi connectivity index (χ2n) is 11.0. The molecular weight excluding hydrogens is 470 g/mol. The van der Waals surface area contributed by atoms with Gasteiger partial charge in [0.2, 0.25) is 5.91 Å². The summed E-state index contributed by atoms with van der Waals surface area (Å²) < 4.78 is 6.28. The summed E-state index contributed by atoms with van der Waals surface area (Å²) in [4.78, 5) is 12.6. The van der Waals surface area contributed by atoms with E-state index < -0.39 is 12.1 Å². The minimum Gasteiger partial charge on any atom is -0.394 e. The Morgan fingerprint density at radius 3 is 1.74 bits per heavy atom. The summed E-state index contributed by atoms with van der Waals surface area (Å²) in [7, 11) is 0. The fourth-order valence-corrected chi connectivity index (χ4v) is 5.00. The van der Waals surface area contributed by atoms with Crippen molar-refractivity contribution in [3.8, 4) is 0 Å². The summed E-state index contributed by atoms with van der Waals surface area (Å²) >= 11 is 0. The summed E-state index contributed by atoms with van der Waals surface area (Å²) in [6.45, 7) is 9.09. The van der Waals surface area contributed by atoms with E-state index in [1.807, 2.05) is 30.3 Å². The number of amides is 1. The van der Waals surface area contributed by atoms with E-state index in [0.29, 0.717) is 13.0 Å². The van der Waals surface area contributed by atoms with E-state index in [-0.39, 0.29) is 12.5 Å². The number of aliphatic hydroxyl groups excluding tert-OH is 1. The van der Waals surface area contributed by atoms with E-state index in [4.69, 9.17) is 4.74 Å². The van der Waals surface area contributed by atoms with Gasteiger partial charge in [0.05, 0.1) is 19.3 Å². The van der Waals surface area contributed by atoms with E-state index >= 15 is 0 Å². The van der Waals surface area contributed by atoms with Crippen LogP contribution in [0.4, 0.5) is 0 Å². The van der Waals surface area contributed by atoms with Gasteiger partial charge in [0, 0.05) is 6.42 Å². The lowest BCUT2D eigenvalue weighted by Crippen LogP contribution is -2.47. The highest BCUT2D eigenvalue weighted by atomic mass is 16.5. The highest BCUT2D eigenvalue weighted by Crippen LogP contribution is 2.20. The van der Waals surface area contributed by atoms with Crippen LogP contribution in [0.3, 0.4) is 0 Å². The average Bonchev–Trinajstić information content (AvgIpc) is 2.93. The normalized spacial score (nSPS) is 12.8. The second kappa shape index (κ2) is 24.4. The summed E-state index contributed by atoms with van der Waals surface area (Å²) in [5.74, 6) is -0.00739. The number of rotatable bonds is 26. The van der Waals surface area contributed by atoms with Crippen molar-refractivity contribution >= 4 is 5.91 Å². The van der Waals surface area contributed by atoms with E-state index in [0.717, 1.165) is 36.8 Å². The summed E-state index contributed by atoms with van der Waals surface area (Å²) in [6.07, 6.45) is 22.3. The van der Waals surface area contributed by atoms with Crippen LogP contribution in [0.15, 0.2) is 42.5 Å². The van der Waals surface area contributed by atoms with E-state index in [2.05, 4.69) is 25.7 Å². The zero-order valence-electron chi connectivity index (χ0n) is 24.9. The zero-order chi connectivity index (χ0) is 27.7. The SMILES string of the molecule is C=C(CCCCCCCCCCCCCC)[C@@H](OCc1ccccc1)[C@H](CO)NC(=O)CCCCCCC. The lowest BCUT2D eigenvalue weighted by atomic mass is 9.97. The molecule has 1 aromatic rings. The standard InChI is InChI=1S/C34H59NO3/c1-4-6-8-10-11-12-13-14-15-16-18-20-24-30(3)34(38-29-31-25-21-19-22-26-31)32(28-36)35-33(37)27-23-17-9-7-5-2/h19,21-22,25-26,32,34,36H,3-18,20,23-24,27-29H2,1-2H3,(H,35,37)/t32-,34+/m0/s1. The van der Waals surface area contributed by atoms with Crippen LogP contribution in [0.2, 0.25) is 0 Å². The van der Waals surface area contributed by atoms with Gasteiger partial charge >= 0.3 is 0 Å². The fraction of sp³-hybridized carbons (Fsp3) is 0.735. The first-order valence-electron chi connectivity index (χ1n) is 15.9. The molecule has 0 aromatic heterocycles. The molecule has 218 valence electrons. The first kappa shape index (κ1) is 34.4. The molecule has 0 fully saturated rings. The number of carbonyl (C=O) groups is 1. The zero-order valence-corrected chi connectivity index (χ0v) is 24.9. The molecule has 0 saturated carbocycles. The highest BCUT2D eigenvalue weighted by Gasteiger charge is 2.26. The molecule has 2 N–H and O–H groups in total. The van der Waals surface area contributed by atoms with Crippen molar-refractivity contribution in [2.24, 2.45) is 0 Å². The number of aliphatic hydroxyl groups is 1. The third kappa shape index (κ3) is 17.8. The smallest absolute Gasteiger partial charge is 0.220 e. The number of unbranched alkanes of at least 4 members (excludes halogenated alkanes) is 15. The van der Waals surface area contributed by atoms with Gasteiger partial charge in [-0.15, -0.1) is 0 Å². The molecule has 0 bridgehead atoms. The van der Waals surface area contributed by atoms with Crippen LogP contribution in [0.25, 0.3) is 0 Å². The Morgan fingerprint density at radius 1 is 0.763 bits per heavy atom. The molecule has 4 heteroatoms. The number of nitrogens with one attached hydrogen (secondary N) is 1. The monoisotopic (exact) mass is 529 g/mol. The van der Waals surface area contributed by atoms with Crippen molar-refractivity contribution in [1.82, 2.24) is 5.32 Å². The van der Waals surface area contributed by atoms with Gasteiger partial charge in [0.25, 0.3) is 0 Å². The Balaban J connectivity index is 2.44. The van der Waals surface area contributed by atoms with Crippen LogP contribution in [-0.4, -0.2) is 29.8 Å². The maximum absolute atomic E-state index is 12.6. The average molecular weight is 530 g/mol. The number of carbonyl (C=O) groups excluding carboxylic acids is 1. The summed E-state index contributed by atoms with van der Waals surface area (Å²) in [5.41, 5.74) is 2.05. The number of ether oxygens (including phenoxy) is 1. The van der Waals surface area contributed by atoms with Crippen molar-refractivity contribution < 1.29 is 14.6 Å². The lowest BCUT2D eigenvalue weighted by molar-refractivity contribution is -0.123. The molecule has 1 amide bonds. The second-order valence-corrected chi connectivity index (χ2v) is 11.0. The van der Waals surface area contributed by atoms with Crippen LogP contribution < -0.4 is 5.32 Å². The summed E-state index contributed by atoms with van der Waals surface area (Å²) in [6, 6.07) is 9.59. The van der Waals surface area contributed by atoms with Gasteiger partial charge in [0.1, 0.15) is 6.10 Å². The molecule has 0 radical (unpaired) electrons. The van der Waals surface area contributed by atoms with Gasteiger partial charge < -0.3 is 15.2 Å². The maximum Gasteiger partial charge on any atom is 0.220 e. The van der Waals surface area contributed by atoms with Gasteiger partial charge in [-0.05, 0) is 30.4 Å². The topological polar surface area (TPSA) is 58.6 Å². The van der Waals surface area contributed by atoms with Crippen LogP contribution in [0, 0.1) is 0 Å². The minimum atomic E-state index is -0.466. The molecule has 1 rings (SSSR count). The fourth-order valence-electron chi connectivity index (χ4n) is 5.00.